The fraction of sp³-hybridized carbons (Fsp3) is 0.786. The van der Waals surface area contributed by atoms with Crippen LogP contribution >= 0.6 is 11.3 Å². The first-order chi connectivity index (χ1) is 9.73. The number of rotatable bonds is 2. The molecule has 0 bridgehead atoms. The Kier molecular flexibility index (Phi) is 4.53. The molecule has 1 saturated heterocycles. The summed E-state index contributed by atoms with van der Waals surface area (Å²) < 4.78 is 5.39. The molecule has 0 radical (unpaired) electrons. The third-order valence-corrected chi connectivity index (χ3v) is 4.79. The van der Waals surface area contributed by atoms with E-state index < -0.39 is 11.1 Å². The van der Waals surface area contributed by atoms with Gasteiger partial charge in [0.2, 0.25) is 0 Å². The molecule has 118 valence electrons. The van der Waals surface area contributed by atoms with Crippen molar-refractivity contribution in [2.45, 2.75) is 58.1 Å². The van der Waals surface area contributed by atoms with Crippen LogP contribution in [0.2, 0.25) is 0 Å². The number of piperidine rings is 1. The first kappa shape index (κ1) is 16.2. The van der Waals surface area contributed by atoms with Gasteiger partial charge in [-0.25, -0.2) is 4.79 Å². The Morgan fingerprint density at radius 3 is 2.48 bits per heavy atom. The van der Waals surface area contributed by atoms with Crippen LogP contribution in [-0.4, -0.2) is 39.9 Å². The molecule has 1 aromatic rings. The average molecular weight is 312 g/mol. The van der Waals surface area contributed by atoms with Gasteiger partial charge in [0, 0.05) is 13.1 Å². The van der Waals surface area contributed by atoms with Crippen molar-refractivity contribution in [3.63, 3.8) is 0 Å². The Morgan fingerprint density at radius 1 is 1.38 bits per heavy atom. The predicted octanol–water partition coefficient (Wildman–Crippen LogP) is 2.29. The lowest BCUT2D eigenvalue weighted by Crippen LogP contribution is -2.50. The van der Waals surface area contributed by atoms with E-state index in [4.69, 9.17) is 10.5 Å². The number of carbonyl (C=O) groups is 1. The van der Waals surface area contributed by atoms with Crippen molar-refractivity contribution >= 4 is 17.4 Å². The van der Waals surface area contributed by atoms with Gasteiger partial charge in [0.05, 0.1) is 5.54 Å². The Hall–Kier alpha value is -1.21. The number of hydrogen-bond acceptors (Lipinski definition) is 6. The van der Waals surface area contributed by atoms with Gasteiger partial charge in [0.25, 0.3) is 0 Å². The fourth-order valence-corrected chi connectivity index (χ4v) is 3.16. The third kappa shape index (κ3) is 3.91. The summed E-state index contributed by atoms with van der Waals surface area (Å²) in [5, 5.41) is 10.2. The van der Waals surface area contributed by atoms with Gasteiger partial charge in [-0.2, -0.15) is 0 Å². The van der Waals surface area contributed by atoms with Gasteiger partial charge in [-0.1, -0.05) is 18.3 Å². The highest BCUT2D eigenvalue weighted by Crippen LogP contribution is 2.32. The molecule has 1 aliphatic rings. The molecule has 0 spiro atoms. The average Bonchev–Trinajstić information content (AvgIpc) is 2.87. The summed E-state index contributed by atoms with van der Waals surface area (Å²) >= 11 is 1.58. The molecular weight excluding hydrogens is 288 g/mol. The molecule has 7 heteroatoms. The van der Waals surface area contributed by atoms with Gasteiger partial charge in [-0.15, -0.1) is 10.2 Å². The Bertz CT molecular complexity index is 501. The lowest BCUT2D eigenvalue weighted by atomic mass is 9.89. The summed E-state index contributed by atoms with van der Waals surface area (Å²) in [6, 6.07) is 0. The number of carbonyl (C=O) groups excluding carboxylic acids is 1. The second kappa shape index (κ2) is 5.88. The molecule has 1 aromatic heterocycles. The Labute approximate surface area is 129 Å². The van der Waals surface area contributed by atoms with Gasteiger partial charge in [0.15, 0.2) is 0 Å². The Morgan fingerprint density at radius 2 is 2.00 bits per heavy atom. The molecule has 0 unspecified atom stereocenters. The van der Waals surface area contributed by atoms with Crippen molar-refractivity contribution in [1.29, 1.82) is 0 Å². The highest BCUT2D eigenvalue weighted by molar-refractivity contribution is 7.11. The zero-order valence-corrected chi connectivity index (χ0v) is 14.0. The molecule has 1 aliphatic heterocycles. The first-order valence-corrected chi connectivity index (χ1v) is 8.15. The maximum absolute atomic E-state index is 12.0. The molecular formula is C14H24N4O2S. The lowest BCUT2D eigenvalue weighted by molar-refractivity contribution is 0.0166. The number of amides is 1. The van der Waals surface area contributed by atoms with E-state index in [-0.39, 0.29) is 6.09 Å². The maximum Gasteiger partial charge on any atom is 0.410 e. The van der Waals surface area contributed by atoms with Crippen LogP contribution in [0.15, 0.2) is 0 Å². The fourth-order valence-electron chi connectivity index (χ4n) is 2.23. The quantitative estimate of drug-likeness (QED) is 0.906. The van der Waals surface area contributed by atoms with Crippen LogP contribution in [0.25, 0.3) is 0 Å². The number of nitrogens with two attached hydrogens (primary N) is 1. The number of aromatic nitrogens is 2. The number of ether oxygens (including phenoxy) is 1. The summed E-state index contributed by atoms with van der Waals surface area (Å²) in [5.41, 5.74) is 5.53. The molecule has 2 rings (SSSR count). The van der Waals surface area contributed by atoms with Crippen molar-refractivity contribution in [2.75, 3.05) is 13.1 Å². The second-order valence-corrected chi connectivity index (χ2v) is 7.54. The topological polar surface area (TPSA) is 81.3 Å². The van der Waals surface area contributed by atoms with E-state index in [0.29, 0.717) is 25.9 Å². The SMILES string of the molecule is CCc1nnc(C2(N)CCN(C(=O)OC(C)(C)C)CC2)s1. The van der Waals surface area contributed by atoms with E-state index >= 15 is 0 Å². The van der Waals surface area contributed by atoms with E-state index in [9.17, 15) is 4.79 Å². The van der Waals surface area contributed by atoms with Gasteiger partial charge in [-0.3, -0.25) is 0 Å². The smallest absolute Gasteiger partial charge is 0.410 e. The molecule has 0 aromatic carbocycles. The van der Waals surface area contributed by atoms with E-state index in [1.165, 1.54) is 0 Å². The van der Waals surface area contributed by atoms with Crippen molar-refractivity contribution in [1.82, 2.24) is 15.1 Å². The van der Waals surface area contributed by atoms with E-state index in [1.54, 1.807) is 16.2 Å². The predicted molar refractivity (Wildman–Crippen MR) is 82.2 cm³/mol. The van der Waals surface area contributed by atoms with Crippen LogP contribution < -0.4 is 5.73 Å². The van der Waals surface area contributed by atoms with Crippen LogP contribution in [0, 0.1) is 0 Å². The molecule has 0 aliphatic carbocycles. The summed E-state index contributed by atoms with van der Waals surface area (Å²) in [5.74, 6) is 0. The first-order valence-electron chi connectivity index (χ1n) is 7.33. The standard InChI is InChI=1S/C14H24N4O2S/c1-5-10-16-17-11(21-10)14(15)6-8-18(9-7-14)12(19)20-13(2,3)4/h5-9,15H2,1-4H3. The summed E-state index contributed by atoms with van der Waals surface area (Å²) in [7, 11) is 0. The molecule has 2 N–H and O–H groups in total. The van der Waals surface area contributed by atoms with Crippen LogP contribution in [-0.2, 0) is 16.7 Å². The van der Waals surface area contributed by atoms with Gasteiger partial charge < -0.3 is 15.4 Å². The highest BCUT2D eigenvalue weighted by Gasteiger charge is 2.37. The zero-order valence-electron chi connectivity index (χ0n) is 13.2. The third-order valence-electron chi connectivity index (χ3n) is 3.50. The van der Waals surface area contributed by atoms with Crippen molar-refractivity contribution < 1.29 is 9.53 Å². The van der Waals surface area contributed by atoms with Gasteiger partial charge in [0.1, 0.15) is 15.6 Å². The van der Waals surface area contributed by atoms with E-state index in [1.807, 2.05) is 20.8 Å². The van der Waals surface area contributed by atoms with Crippen LogP contribution in [0.3, 0.4) is 0 Å². The molecule has 1 amide bonds. The van der Waals surface area contributed by atoms with Crippen LogP contribution in [0.5, 0.6) is 0 Å². The van der Waals surface area contributed by atoms with Gasteiger partial charge in [-0.05, 0) is 40.0 Å². The highest BCUT2D eigenvalue weighted by atomic mass is 32.1. The minimum atomic E-state index is -0.469. The summed E-state index contributed by atoms with van der Waals surface area (Å²) in [6.07, 6.45) is 1.98. The number of aryl methyl sites for hydroxylation is 1. The van der Waals surface area contributed by atoms with Crippen LogP contribution in [0.1, 0.15) is 50.6 Å². The number of nitrogens with zero attached hydrogens (tertiary/aromatic N) is 3. The molecule has 1 fully saturated rings. The minimum Gasteiger partial charge on any atom is -0.444 e. The van der Waals surface area contributed by atoms with Crippen LogP contribution in [0.4, 0.5) is 4.79 Å². The van der Waals surface area contributed by atoms with Crippen molar-refractivity contribution in [3.8, 4) is 0 Å². The molecule has 21 heavy (non-hydrogen) atoms. The molecule has 0 saturated carbocycles. The summed E-state index contributed by atoms with van der Waals surface area (Å²) in [6.45, 7) is 8.85. The maximum atomic E-state index is 12.0. The zero-order chi connectivity index (χ0) is 15.7. The summed E-state index contributed by atoms with van der Waals surface area (Å²) in [4.78, 5) is 13.8. The Balaban J connectivity index is 1.97. The molecule has 6 nitrogen and oxygen atoms in total. The van der Waals surface area contributed by atoms with E-state index in [2.05, 4.69) is 17.1 Å². The number of hydrogen-bond donors (Lipinski definition) is 1. The largest absolute Gasteiger partial charge is 0.444 e. The van der Waals surface area contributed by atoms with Gasteiger partial charge >= 0.3 is 6.09 Å². The lowest BCUT2D eigenvalue weighted by Gasteiger charge is -2.38. The van der Waals surface area contributed by atoms with Crippen molar-refractivity contribution in [2.24, 2.45) is 5.73 Å². The van der Waals surface area contributed by atoms with Crippen molar-refractivity contribution in [3.05, 3.63) is 10.0 Å². The minimum absolute atomic E-state index is 0.268. The van der Waals surface area contributed by atoms with E-state index in [0.717, 1.165) is 16.4 Å². The normalized spacial score (nSPS) is 18.6. The number of likely N-dealkylation sites (tertiary alicyclic amines) is 1. The molecule has 2 heterocycles. The monoisotopic (exact) mass is 312 g/mol. The second-order valence-electron chi connectivity index (χ2n) is 6.48. The molecule has 0 atom stereocenters.